The van der Waals surface area contributed by atoms with Crippen molar-refractivity contribution in [1.29, 1.82) is 0 Å². The molecule has 3 aromatic rings. The molecule has 1 N–H and O–H groups in total. The number of carboxylic acid groups (broad SMARTS) is 1. The van der Waals surface area contributed by atoms with E-state index in [4.69, 9.17) is 28.3 Å². The van der Waals surface area contributed by atoms with Gasteiger partial charge in [0.15, 0.2) is 0 Å². The van der Waals surface area contributed by atoms with E-state index in [1.807, 2.05) is 18.2 Å². The van der Waals surface area contributed by atoms with E-state index in [1.54, 1.807) is 48.5 Å². The fourth-order valence-electron chi connectivity index (χ4n) is 3.85. The van der Waals surface area contributed by atoms with Crippen molar-refractivity contribution in [1.82, 2.24) is 0 Å². The van der Waals surface area contributed by atoms with E-state index >= 15 is 0 Å². The van der Waals surface area contributed by atoms with Crippen LogP contribution in [0.25, 0.3) is 11.1 Å². The lowest BCUT2D eigenvalue weighted by molar-refractivity contribution is -0.137. The minimum Gasteiger partial charge on any atom is -0.481 e. The van der Waals surface area contributed by atoms with Crippen LogP contribution >= 0.6 is 23.2 Å². The lowest BCUT2D eigenvalue weighted by Crippen LogP contribution is -2.30. The van der Waals surface area contributed by atoms with Crippen LogP contribution in [0.4, 0.5) is 5.69 Å². The fraction of sp³-hybridized carbons (Fsp3) is 0.174. The Morgan fingerprint density at radius 2 is 1.68 bits per heavy atom. The molecule has 0 radical (unpaired) electrons. The van der Waals surface area contributed by atoms with Gasteiger partial charge in [0.25, 0.3) is 10.0 Å². The monoisotopic (exact) mass is 475 g/mol. The number of rotatable bonds is 6. The van der Waals surface area contributed by atoms with Crippen molar-refractivity contribution in [2.75, 3.05) is 10.8 Å². The van der Waals surface area contributed by atoms with Crippen LogP contribution in [0.5, 0.6) is 0 Å². The predicted octanol–water partition coefficient (Wildman–Crippen LogP) is 5.82. The fourth-order valence-corrected chi connectivity index (χ4v) is 5.74. The van der Waals surface area contributed by atoms with Gasteiger partial charge in [0.1, 0.15) is 0 Å². The van der Waals surface area contributed by atoms with Gasteiger partial charge in [-0.2, -0.15) is 0 Å². The van der Waals surface area contributed by atoms with E-state index in [2.05, 4.69) is 0 Å². The summed E-state index contributed by atoms with van der Waals surface area (Å²) in [6.45, 7) is 0.177. The number of nitrogens with zero attached hydrogens (tertiary/aromatic N) is 1. The smallest absolute Gasteiger partial charge is 0.303 e. The molecule has 0 fully saturated rings. The van der Waals surface area contributed by atoms with Gasteiger partial charge in [-0.25, -0.2) is 8.42 Å². The van der Waals surface area contributed by atoms with E-state index in [1.165, 1.54) is 4.31 Å². The van der Waals surface area contributed by atoms with Gasteiger partial charge in [0, 0.05) is 28.9 Å². The molecule has 4 rings (SSSR count). The van der Waals surface area contributed by atoms with Gasteiger partial charge in [0.2, 0.25) is 0 Å². The number of aliphatic carboxylic acids is 1. The van der Waals surface area contributed by atoms with Crippen molar-refractivity contribution in [3.8, 4) is 11.1 Å². The number of benzene rings is 3. The second-order valence-electron chi connectivity index (χ2n) is 7.40. The van der Waals surface area contributed by atoms with Crippen LogP contribution in [0.2, 0.25) is 10.0 Å². The third-order valence-electron chi connectivity index (χ3n) is 5.39. The van der Waals surface area contributed by atoms with Gasteiger partial charge in [-0.05, 0) is 65.6 Å². The lowest BCUT2D eigenvalue weighted by Gasteiger charge is -2.20. The van der Waals surface area contributed by atoms with E-state index in [-0.39, 0.29) is 23.8 Å². The van der Waals surface area contributed by atoms with Gasteiger partial charge in [-0.15, -0.1) is 0 Å². The first-order valence-electron chi connectivity index (χ1n) is 9.66. The molecule has 160 valence electrons. The number of hydrogen-bond acceptors (Lipinski definition) is 3. The molecular formula is C23H19Cl2NO4S. The summed E-state index contributed by atoms with van der Waals surface area (Å²) < 4.78 is 28.5. The Balaban J connectivity index is 1.71. The number of halogens is 2. The highest BCUT2D eigenvalue weighted by Gasteiger charge is 2.36. The standard InChI is InChI=1S/C23H19Cl2NO4S/c24-18-7-4-15(5-8-18)16-2-1-3-20(12-16)31(29,30)26-14-17(6-11-23(27)28)21-13-19(25)9-10-22(21)26/h1-5,7-10,12-13,17H,6,11,14H2,(H,27,28). The molecule has 0 aromatic heterocycles. The highest BCUT2D eigenvalue weighted by molar-refractivity contribution is 7.92. The quantitative estimate of drug-likeness (QED) is 0.487. The maximum Gasteiger partial charge on any atom is 0.303 e. The van der Waals surface area contributed by atoms with Crippen molar-refractivity contribution in [3.05, 3.63) is 82.3 Å². The Kier molecular flexibility index (Phi) is 5.97. The molecule has 0 saturated carbocycles. The molecule has 8 heteroatoms. The average Bonchev–Trinajstić information content (AvgIpc) is 3.11. The summed E-state index contributed by atoms with van der Waals surface area (Å²) in [4.78, 5) is 11.2. The maximum absolute atomic E-state index is 13.6. The zero-order valence-electron chi connectivity index (χ0n) is 16.3. The van der Waals surface area contributed by atoms with Crippen LogP contribution in [0.1, 0.15) is 24.3 Å². The van der Waals surface area contributed by atoms with Gasteiger partial charge in [-0.3, -0.25) is 9.10 Å². The summed E-state index contributed by atoms with van der Waals surface area (Å²) in [5.74, 6) is -1.15. The largest absolute Gasteiger partial charge is 0.481 e. The zero-order chi connectivity index (χ0) is 22.2. The molecule has 3 aromatic carbocycles. The molecule has 0 bridgehead atoms. The van der Waals surface area contributed by atoms with Crippen molar-refractivity contribution in [2.45, 2.75) is 23.7 Å². The Morgan fingerprint density at radius 3 is 2.39 bits per heavy atom. The highest BCUT2D eigenvalue weighted by Crippen LogP contribution is 2.43. The predicted molar refractivity (Wildman–Crippen MR) is 122 cm³/mol. The number of carbonyl (C=O) groups is 1. The van der Waals surface area contributed by atoms with Gasteiger partial charge in [-0.1, -0.05) is 47.5 Å². The van der Waals surface area contributed by atoms with Gasteiger partial charge >= 0.3 is 5.97 Å². The number of hydrogen-bond donors (Lipinski definition) is 1. The van der Waals surface area contributed by atoms with Crippen LogP contribution in [0.15, 0.2) is 71.6 Å². The van der Waals surface area contributed by atoms with E-state index in [0.29, 0.717) is 22.2 Å². The Hall–Kier alpha value is -2.54. The van der Waals surface area contributed by atoms with Gasteiger partial charge in [0.05, 0.1) is 10.6 Å². The van der Waals surface area contributed by atoms with Crippen LogP contribution in [0, 0.1) is 0 Å². The molecule has 0 saturated heterocycles. The van der Waals surface area contributed by atoms with Crippen LogP contribution < -0.4 is 4.31 Å². The SMILES string of the molecule is O=C(O)CCC1CN(S(=O)(=O)c2cccc(-c3ccc(Cl)cc3)c2)c2ccc(Cl)cc21. The maximum atomic E-state index is 13.6. The van der Waals surface area contributed by atoms with Crippen molar-refractivity contribution >= 4 is 44.9 Å². The normalized spacial score (nSPS) is 15.7. The number of fused-ring (bicyclic) bond motifs is 1. The molecule has 0 amide bonds. The third-order valence-corrected chi connectivity index (χ3v) is 7.65. The number of carboxylic acids is 1. The summed E-state index contributed by atoms with van der Waals surface area (Å²) in [6.07, 6.45) is 0.288. The van der Waals surface area contributed by atoms with E-state index in [0.717, 1.165) is 16.7 Å². The molecule has 1 aliphatic heterocycles. The number of anilines is 1. The minimum atomic E-state index is -3.86. The topological polar surface area (TPSA) is 74.7 Å². The highest BCUT2D eigenvalue weighted by atomic mass is 35.5. The molecule has 1 unspecified atom stereocenters. The Bertz CT molecular complexity index is 1240. The van der Waals surface area contributed by atoms with Crippen molar-refractivity contribution in [2.24, 2.45) is 0 Å². The molecule has 31 heavy (non-hydrogen) atoms. The second kappa shape index (κ2) is 8.54. The van der Waals surface area contributed by atoms with Crippen molar-refractivity contribution < 1.29 is 18.3 Å². The molecule has 1 atom stereocenters. The minimum absolute atomic E-state index is 0.0451. The summed E-state index contributed by atoms with van der Waals surface area (Å²) in [5, 5.41) is 10.2. The third kappa shape index (κ3) is 4.42. The first kappa shape index (κ1) is 21.7. The van der Waals surface area contributed by atoms with Crippen LogP contribution in [-0.4, -0.2) is 26.0 Å². The van der Waals surface area contributed by atoms with Crippen LogP contribution in [-0.2, 0) is 14.8 Å². The number of sulfonamides is 1. The Morgan fingerprint density at radius 1 is 0.968 bits per heavy atom. The molecular weight excluding hydrogens is 457 g/mol. The molecule has 1 heterocycles. The first-order chi connectivity index (χ1) is 14.8. The molecule has 0 spiro atoms. The molecule has 5 nitrogen and oxygen atoms in total. The summed E-state index contributed by atoms with van der Waals surface area (Å²) in [7, 11) is -3.86. The van der Waals surface area contributed by atoms with Crippen molar-refractivity contribution in [3.63, 3.8) is 0 Å². The zero-order valence-corrected chi connectivity index (χ0v) is 18.7. The lowest BCUT2D eigenvalue weighted by atomic mass is 9.96. The Labute approximate surface area is 190 Å². The average molecular weight is 476 g/mol. The van der Waals surface area contributed by atoms with E-state index in [9.17, 15) is 13.2 Å². The van der Waals surface area contributed by atoms with Crippen LogP contribution in [0.3, 0.4) is 0 Å². The summed E-state index contributed by atoms with van der Waals surface area (Å²) in [5.41, 5.74) is 2.91. The molecule has 1 aliphatic rings. The first-order valence-corrected chi connectivity index (χ1v) is 11.9. The van der Waals surface area contributed by atoms with E-state index < -0.39 is 16.0 Å². The summed E-state index contributed by atoms with van der Waals surface area (Å²) in [6, 6.07) is 19.0. The van der Waals surface area contributed by atoms with Gasteiger partial charge < -0.3 is 5.11 Å². The summed E-state index contributed by atoms with van der Waals surface area (Å²) >= 11 is 12.1. The molecule has 0 aliphatic carbocycles. The second-order valence-corrected chi connectivity index (χ2v) is 10.1.